The Hall–Kier alpha value is -2.00. The molecule has 0 saturated carbocycles. The quantitative estimate of drug-likeness (QED) is 0.709. The van der Waals surface area contributed by atoms with Crippen LogP contribution in [0.3, 0.4) is 0 Å². The van der Waals surface area contributed by atoms with E-state index in [2.05, 4.69) is 50.4 Å². The van der Waals surface area contributed by atoms with E-state index < -0.39 is 10.0 Å². The second-order valence-electron chi connectivity index (χ2n) is 8.57. The molecule has 2 aromatic rings. The molecule has 2 aliphatic heterocycles. The molecule has 1 atom stereocenters. The molecule has 0 radical (unpaired) electrons. The van der Waals surface area contributed by atoms with Crippen LogP contribution in [0.5, 0.6) is 0 Å². The van der Waals surface area contributed by atoms with Crippen molar-refractivity contribution < 1.29 is 8.42 Å². The minimum Gasteiger partial charge on any atom is -0.369 e. The van der Waals surface area contributed by atoms with Gasteiger partial charge in [-0.1, -0.05) is 36.8 Å². The lowest BCUT2D eigenvalue weighted by Gasteiger charge is -2.36. The molecule has 0 spiro atoms. The maximum Gasteiger partial charge on any atom is 0.244 e. The highest BCUT2D eigenvalue weighted by Gasteiger charge is 2.28. The van der Waals surface area contributed by atoms with E-state index in [9.17, 15) is 8.42 Å². The Morgan fingerprint density at radius 2 is 1.77 bits per heavy atom. The number of hydrogen-bond donors (Lipinski definition) is 1. The number of nitrogens with zero attached hydrogens (tertiary/aromatic N) is 4. The van der Waals surface area contributed by atoms with Gasteiger partial charge >= 0.3 is 0 Å². The molecule has 0 bridgehead atoms. The molecule has 1 unspecified atom stereocenters. The fourth-order valence-electron chi connectivity index (χ4n) is 4.35. The summed E-state index contributed by atoms with van der Waals surface area (Å²) >= 11 is 0. The second-order valence-corrected chi connectivity index (χ2v) is 10.5. The van der Waals surface area contributed by atoms with E-state index in [0.29, 0.717) is 19.1 Å². The fourth-order valence-corrected chi connectivity index (χ4v) is 5.72. The van der Waals surface area contributed by atoms with Crippen LogP contribution in [0.25, 0.3) is 0 Å². The average Bonchev–Trinajstić information content (AvgIpc) is 2.80. The van der Waals surface area contributed by atoms with Gasteiger partial charge in [0.15, 0.2) is 0 Å². The zero-order valence-electron chi connectivity index (χ0n) is 18.3. The summed E-state index contributed by atoms with van der Waals surface area (Å²) in [6, 6.07) is 14.5. The van der Waals surface area contributed by atoms with Crippen LogP contribution in [-0.2, 0) is 16.6 Å². The van der Waals surface area contributed by atoms with Crippen molar-refractivity contribution in [1.82, 2.24) is 19.1 Å². The lowest BCUT2D eigenvalue weighted by molar-refractivity contribution is 0.148. The van der Waals surface area contributed by atoms with Crippen molar-refractivity contribution in [2.24, 2.45) is 0 Å². The average molecular weight is 444 g/mol. The van der Waals surface area contributed by atoms with E-state index in [1.165, 1.54) is 24.6 Å². The fraction of sp³-hybridized carbons (Fsp3) is 0.522. The first-order chi connectivity index (χ1) is 15.0. The number of likely N-dealkylation sites (tertiary alicyclic amines) is 1. The van der Waals surface area contributed by atoms with E-state index in [1.807, 2.05) is 7.05 Å². The van der Waals surface area contributed by atoms with Crippen LogP contribution in [-0.4, -0.2) is 79.9 Å². The molecular formula is C23H33N5O2S. The molecule has 31 heavy (non-hydrogen) atoms. The summed E-state index contributed by atoms with van der Waals surface area (Å²) in [6.45, 7) is 5.44. The Kier molecular flexibility index (Phi) is 7.22. The van der Waals surface area contributed by atoms with Crippen LogP contribution in [0, 0.1) is 0 Å². The molecule has 0 aliphatic carbocycles. The topological polar surface area (TPSA) is 68.8 Å². The van der Waals surface area contributed by atoms with Crippen LogP contribution in [0.2, 0.25) is 0 Å². The molecule has 0 amide bonds. The number of anilines is 1. The molecule has 3 heterocycles. The van der Waals surface area contributed by atoms with Crippen LogP contribution < -0.4 is 5.32 Å². The summed E-state index contributed by atoms with van der Waals surface area (Å²) < 4.78 is 27.3. The van der Waals surface area contributed by atoms with E-state index in [0.717, 1.165) is 45.0 Å². The van der Waals surface area contributed by atoms with Crippen molar-refractivity contribution in [2.45, 2.75) is 36.7 Å². The second kappa shape index (κ2) is 10.1. The van der Waals surface area contributed by atoms with E-state index in [4.69, 9.17) is 0 Å². The SMILES string of the molecule is CN1CCN(S(=O)(=O)c2ccc(NCC3CCCCN3Cc3ccccc3)nc2)CC1. The molecule has 168 valence electrons. The Bertz CT molecular complexity index is 928. The van der Waals surface area contributed by atoms with Gasteiger partial charge in [0.1, 0.15) is 10.7 Å². The van der Waals surface area contributed by atoms with Gasteiger partial charge in [-0.25, -0.2) is 13.4 Å². The monoisotopic (exact) mass is 443 g/mol. The standard InChI is InChI=1S/C23H33N5O2S/c1-26-13-15-28(16-14-26)31(29,30)22-10-11-23(25-18-22)24-17-21-9-5-6-12-27(21)19-20-7-3-2-4-8-20/h2-4,7-8,10-11,18,21H,5-6,9,12-17,19H2,1H3,(H,24,25). The first kappa shape index (κ1) is 22.2. The van der Waals surface area contributed by atoms with Crippen molar-refractivity contribution in [2.75, 3.05) is 51.6 Å². The molecule has 2 fully saturated rings. The molecule has 1 N–H and O–H groups in total. The predicted octanol–water partition coefficient (Wildman–Crippen LogP) is 2.48. The van der Waals surface area contributed by atoms with Gasteiger partial charge in [0, 0.05) is 51.5 Å². The number of likely N-dealkylation sites (N-methyl/N-ethyl adjacent to an activating group) is 1. The third-order valence-corrected chi connectivity index (χ3v) is 8.21. The van der Waals surface area contributed by atoms with Gasteiger partial charge in [0.2, 0.25) is 10.0 Å². The zero-order valence-corrected chi connectivity index (χ0v) is 19.1. The Morgan fingerprint density at radius 1 is 1.00 bits per heavy atom. The van der Waals surface area contributed by atoms with Crippen LogP contribution in [0.1, 0.15) is 24.8 Å². The number of aromatic nitrogens is 1. The number of nitrogens with one attached hydrogen (secondary N) is 1. The lowest BCUT2D eigenvalue weighted by atomic mass is 10.0. The third kappa shape index (κ3) is 5.63. The number of piperazine rings is 1. The number of piperidine rings is 1. The smallest absolute Gasteiger partial charge is 0.244 e. The van der Waals surface area contributed by atoms with Crippen molar-refractivity contribution in [1.29, 1.82) is 0 Å². The summed E-state index contributed by atoms with van der Waals surface area (Å²) in [7, 11) is -1.46. The van der Waals surface area contributed by atoms with Gasteiger partial charge in [0.25, 0.3) is 0 Å². The molecule has 7 nitrogen and oxygen atoms in total. The van der Waals surface area contributed by atoms with Crippen molar-refractivity contribution in [3.63, 3.8) is 0 Å². The van der Waals surface area contributed by atoms with E-state index >= 15 is 0 Å². The Balaban J connectivity index is 1.35. The maximum absolute atomic E-state index is 12.9. The zero-order chi connectivity index (χ0) is 21.7. The highest BCUT2D eigenvalue weighted by molar-refractivity contribution is 7.89. The van der Waals surface area contributed by atoms with Gasteiger partial charge in [-0.2, -0.15) is 4.31 Å². The van der Waals surface area contributed by atoms with Crippen LogP contribution in [0.15, 0.2) is 53.6 Å². The number of sulfonamides is 1. The Morgan fingerprint density at radius 3 is 2.48 bits per heavy atom. The maximum atomic E-state index is 12.9. The summed E-state index contributed by atoms with van der Waals surface area (Å²) in [6.07, 6.45) is 5.13. The van der Waals surface area contributed by atoms with Crippen molar-refractivity contribution in [3.8, 4) is 0 Å². The predicted molar refractivity (Wildman–Crippen MR) is 123 cm³/mol. The molecular weight excluding hydrogens is 410 g/mol. The van der Waals surface area contributed by atoms with Gasteiger partial charge in [-0.15, -0.1) is 0 Å². The summed E-state index contributed by atoms with van der Waals surface area (Å²) in [5.74, 6) is 0.725. The molecule has 1 aromatic carbocycles. The van der Waals surface area contributed by atoms with E-state index in [1.54, 1.807) is 16.4 Å². The highest BCUT2D eigenvalue weighted by Crippen LogP contribution is 2.21. The molecule has 2 aliphatic rings. The van der Waals surface area contributed by atoms with E-state index in [-0.39, 0.29) is 4.90 Å². The normalized spacial score (nSPS) is 21.8. The molecule has 1 aromatic heterocycles. The van der Waals surface area contributed by atoms with Gasteiger partial charge < -0.3 is 10.2 Å². The molecule has 4 rings (SSSR count). The summed E-state index contributed by atoms with van der Waals surface area (Å²) in [4.78, 5) is 9.35. The summed E-state index contributed by atoms with van der Waals surface area (Å²) in [5, 5.41) is 3.43. The van der Waals surface area contributed by atoms with Crippen LogP contribution >= 0.6 is 0 Å². The van der Waals surface area contributed by atoms with Gasteiger partial charge in [0.05, 0.1) is 0 Å². The van der Waals surface area contributed by atoms with Crippen molar-refractivity contribution in [3.05, 3.63) is 54.2 Å². The molecule has 2 saturated heterocycles. The number of hydrogen-bond acceptors (Lipinski definition) is 6. The first-order valence-electron chi connectivity index (χ1n) is 11.2. The van der Waals surface area contributed by atoms with Crippen molar-refractivity contribution >= 4 is 15.8 Å². The number of pyridine rings is 1. The molecule has 8 heteroatoms. The Labute approximate surface area is 186 Å². The highest BCUT2D eigenvalue weighted by atomic mass is 32.2. The first-order valence-corrected chi connectivity index (χ1v) is 12.6. The number of benzene rings is 1. The third-order valence-electron chi connectivity index (χ3n) is 6.33. The summed E-state index contributed by atoms with van der Waals surface area (Å²) in [5.41, 5.74) is 1.34. The number of rotatable bonds is 7. The minimum absolute atomic E-state index is 0.269. The van der Waals surface area contributed by atoms with Crippen LogP contribution in [0.4, 0.5) is 5.82 Å². The lowest BCUT2D eigenvalue weighted by Crippen LogP contribution is -2.47. The largest absolute Gasteiger partial charge is 0.369 e. The van der Waals surface area contributed by atoms with Gasteiger partial charge in [-0.05, 0) is 44.1 Å². The minimum atomic E-state index is -3.47. The van der Waals surface area contributed by atoms with Gasteiger partial charge in [-0.3, -0.25) is 4.90 Å².